The Balaban J connectivity index is 1.38. The van der Waals surface area contributed by atoms with Crippen molar-refractivity contribution in [3.8, 4) is 0 Å². The van der Waals surface area contributed by atoms with Gasteiger partial charge in [0.1, 0.15) is 11.5 Å². The largest absolute Gasteiger partial charge is 0.465 e. The van der Waals surface area contributed by atoms with Crippen LogP contribution in [-0.4, -0.2) is 62.1 Å². The van der Waals surface area contributed by atoms with E-state index >= 15 is 0 Å². The van der Waals surface area contributed by atoms with Crippen molar-refractivity contribution >= 4 is 17.5 Å². The van der Waals surface area contributed by atoms with Crippen LogP contribution in [0.25, 0.3) is 5.65 Å². The van der Waals surface area contributed by atoms with E-state index in [0.29, 0.717) is 36.0 Å². The molecule has 0 unspecified atom stereocenters. The predicted octanol–water partition coefficient (Wildman–Crippen LogP) is 1.84. The third-order valence-electron chi connectivity index (χ3n) is 5.69. The molecule has 5 heterocycles. The summed E-state index contributed by atoms with van der Waals surface area (Å²) in [7, 11) is 2.07. The zero-order chi connectivity index (χ0) is 22.1. The van der Waals surface area contributed by atoms with E-state index in [-0.39, 0.29) is 11.9 Å². The van der Waals surface area contributed by atoms with Crippen molar-refractivity contribution in [1.82, 2.24) is 34.8 Å². The Morgan fingerprint density at radius 3 is 2.78 bits per heavy atom. The molecule has 0 radical (unpaired) electrons. The molecule has 0 aromatic carbocycles. The van der Waals surface area contributed by atoms with E-state index in [4.69, 9.17) is 4.42 Å². The number of hydrogen-bond acceptors (Lipinski definition) is 8. The topological polar surface area (TPSA) is 105 Å². The number of nitrogens with zero attached hydrogens (tertiary/aromatic N) is 7. The predicted molar refractivity (Wildman–Crippen MR) is 117 cm³/mol. The van der Waals surface area contributed by atoms with Crippen molar-refractivity contribution in [1.29, 1.82) is 0 Å². The molecule has 5 rings (SSSR count). The van der Waals surface area contributed by atoms with Crippen LogP contribution in [0.1, 0.15) is 33.7 Å². The van der Waals surface area contributed by atoms with Gasteiger partial charge in [-0.05, 0) is 44.3 Å². The van der Waals surface area contributed by atoms with Gasteiger partial charge in [0.05, 0.1) is 18.2 Å². The van der Waals surface area contributed by atoms with Crippen LogP contribution in [0, 0.1) is 6.92 Å². The third-order valence-corrected chi connectivity index (χ3v) is 5.69. The molecule has 4 aromatic rings. The van der Waals surface area contributed by atoms with Crippen LogP contribution in [0.2, 0.25) is 0 Å². The fourth-order valence-corrected chi connectivity index (χ4v) is 3.91. The minimum absolute atomic E-state index is 0.0213. The van der Waals surface area contributed by atoms with Gasteiger partial charge in [0, 0.05) is 38.2 Å². The molecule has 1 fully saturated rings. The van der Waals surface area contributed by atoms with E-state index in [1.54, 1.807) is 24.7 Å². The SMILES string of the molecule is Cc1ccc(CNC(=O)c2ccc3nnc([C@@H]4CN(c5ncccn5)CCN4C)n3c2)o1. The van der Waals surface area contributed by atoms with Gasteiger partial charge in [0.25, 0.3) is 5.91 Å². The number of carbonyl (C=O) groups excluding carboxylic acids is 1. The number of anilines is 1. The summed E-state index contributed by atoms with van der Waals surface area (Å²) in [5, 5.41) is 11.7. The highest BCUT2D eigenvalue weighted by molar-refractivity contribution is 5.94. The van der Waals surface area contributed by atoms with Crippen molar-refractivity contribution in [2.24, 2.45) is 0 Å². The van der Waals surface area contributed by atoms with Crippen LogP contribution >= 0.6 is 0 Å². The second-order valence-corrected chi connectivity index (χ2v) is 7.89. The quantitative estimate of drug-likeness (QED) is 0.509. The number of rotatable bonds is 5. The summed E-state index contributed by atoms with van der Waals surface area (Å²) >= 11 is 0. The number of piperazine rings is 1. The summed E-state index contributed by atoms with van der Waals surface area (Å²) in [5.41, 5.74) is 1.23. The van der Waals surface area contributed by atoms with E-state index in [0.717, 1.165) is 24.7 Å². The molecule has 1 aliphatic heterocycles. The molecule has 164 valence electrons. The number of fused-ring (bicyclic) bond motifs is 1. The summed E-state index contributed by atoms with van der Waals surface area (Å²) in [4.78, 5) is 25.9. The fraction of sp³-hybridized carbons (Fsp3) is 0.318. The summed E-state index contributed by atoms with van der Waals surface area (Å²) in [6.45, 7) is 4.54. The van der Waals surface area contributed by atoms with Gasteiger partial charge in [0.2, 0.25) is 5.95 Å². The molecule has 1 aliphatic rings. The monoisotopic (exact) mass is 432 g/mol. The standard InChI is InChI=1S/C22H24N8O2/c1-15-4-6-17(32-15)12-25-21(31)16-5-7-19-26-27-20(30(19)13-16)18-14-29(11-10-28(18)2)22-23-8-3-9-24-22/h3-9,13,18H,10-12,14H2,1-2H3,(H,25,31)/t18-/m0/s1. The second-order valence-electron chi connectivity index (χ2n) is 7.89. The molecule has 32 heavy (non-hydrogen) atoms. The van der Waals surface area contributed by atoms with Gasteiger partial charge in [-0.2, -0.15) is 0 Å². The first kappa shape index (κ1) is 20.1. The average Bonchev–Trinajstić information content (AvgIpc) is 3.44. The Labute approximate surface area is 184 Å². The Bertz CT molecular complexity index is 1240. The highest BCUT2D eigenvalue weighted by atomic mass is 16.3. The van der Waals surface area contributed by atoms with E-state index in [1.165, 1.54) is 0 Å². The zero-order valence-corrected chi connectivity index (χ0v) is 18.0. The molecule has 1 saturated heterocycles. The van der Waals surface area contributed by atoms with E-state index in [2.05, 4.69) is 42.3 Å². The van der Waals surface area contributed by atoms with Gasteiger partial charge in [0.15, 0.2) is 11.5 Å². The molecule has 0 aliphatic carbocycles. The van der Waals surface area contributed by atoms with Crippen molar-refractivity contribution in [2.75, 3.05) is 31.6 Å². The van der Waals surface area contributed by atoms with Gasteiger partial charge in [-0.1, -0.05) is 0 Å². The number of aromatic nitrogens is 5. The van der Waals surface area contributed by atoms with Gasteiger partial charge >= 0.3 is 0 Å². The summed E-state index contributed by atoms with van der Waals surface area (Å²) in [5.74, 6) is 2.83. The molecule has 4 aromatic heterocycles. The lowest BCUT2D eigenvalue weighted by molar-refractivity contribution is 0.0947. The molecule has 0 spiro atoms. The molecular formula is C22H24N8O2. The maximum atomic E-state index is 12.7. The second kappa shape index (κ2) is 8.39. The van der Waals surface area contributed by atoms with E-state index in [1.807, 2.05) is 35.6 Å². The van der Waals surface area contributed by atoms with Crippen molar-refractivity contribution in [3.05, 3.63) is 71.8 Å². The van der Waals surface area contributed by atoms with Crippen LogP contribution in [0.4, 0.5) is 5.95 Å². The maximum Gasteiger partial charge on any atom is 0.253 e. The number of carbonyl (C=O) groups is 1. The Morgan fingerprint density at radius 1 is 1.16 bits per heavy atom. The van der Waals surface area contributed by atoms with Crippen molar-refractivity contribution < 1.29 is 9.21 Å². The van der Waals surface area contributed by atoms with Crippen LogP contribution in [0.3, 0.4) is 0 Å². The van der Waals surface area contributed by atoms with Crippen molar-refractivity contribution in [2.45, 2.75) is 19.5 Å². The number of furan rings is 1. The van der Waals surface area contributed by atoms with Crippen LogP contribution in [0.15, 0.2) is 53.3 Å². The number of likely N-dealkylation sites (N-methyl/N-ethyl adjacent to an activating group) is 1. The highest BCUT2D eigenvalue weighted by Crippen LogP contribution is 2.25. The number of nitrogens with one attached hydrogen (secondary N) is 1. The molecule has 1 N–H and O–H groups in total. The first-order valence-corrected chi connectivity index (χ1v) is 10.5. The first-order valence-electron chi connectivity index (χ1n) is 10.5. The van der Waals surface area contributed by atoms with Crippen molar-refractivity contribution in [3.63, 3.8) is 0 Å². The Morgan fingerprint density at radius 2 is 2.00 bits per heavy atom. The number of amides is 1. The maximum absolute atomic E-state index is 12.7. The van der Waals surface area contributed by atoms with Gasteiger partial charge in [-0.3, -0.25) is 14.1 Å². The molecule has 0 bridgehead atoms. The van der Waals surface area contributed by atoms with Crippen LogP contribution in [0.5, 0.6) is 0 Å². The van der Waals surface area contributed by atoms with E-state index < -0.39 is 0 Å². The lowest BCUT2D eigenvalue weighted by atomic mass is 10.1. The van der Waals surface area contributed by atoms with Crippen LogP contribution in [-0.2, 0) is 6.54 Å². The molecule has 1 atom stereocenters. The zero-order valence-electron chi connectivity index (χ0n) is 18.0. The highest BCUT2D eigenvalue weighted by Gasteiger charge is 2.30. The third kappa shape index (κ3) is 3.92. The van der Waals surface area contributed by atoms with Crippen LogP contribution < -0.4 is 10.2 Å². The average molecular weight is 432 g/mol. The molecule has 1 amide bonds. The molecule has 10 heteroatoms. The Kier molecular flexibility index (Phi) is 5.28. The summed E-state index contributed by atoms with van der Waals surface area (Å²) in [6, 6.07) is 9.09. The number of hydrogen-bond donors (Lipinski definition) is 1. The summed E-state index contributed by atoms with van der Waals surface area (Å²) in [6.07, 6.45) is 5.29. The van der Waals surface area contributed by atoms with E-state index in [9.17, 15) is 4.79 Å². The Hall–Kier alpha value is -3.79. The van der Waals surface area contributed by atoms with Gasteiger partial charge in [-0.25, -0.2) is 9.97 Å². The minimum Gasteiger partial charge on any atom is -0.465 e. The molecule has 10 nitrogen and oxygen atoms in total. The van der Waals surface area contributed by atoms with Gasteiger partial charge < -0.3 is 14.6 Å². The van der Waals surface area contributed by atoms with Gasteiger partial charge in [-0.15, -0.1) is 10.2 Å². The summed E-state index contributed by atoms with van der Waals surface area (Å²) < 4.78 is 7.42. The normalized spacial score (nSPS) is 17.1. The number of aryl methyl sites for hydroxylation is 1. The number of pyridine rings is 1. The minimum atomic E-state index is -0.183. The lowest BCUT2D eigenvalue weighted by Gasteiger charge is -2.38. The first-order chi connectivity index (χ1) is 15.6. The fourth-order valence-electron chi connectivity index (χ4n) is 3.91. The molecular weight excluding hydrogens is 408 g/mol. The lowest BCUT2D eigenvalue weighted by Crippen LogP contribution is -2.47. The smallest absolute Gasteiger partial charge is 0.253 e. The molecule has 0 saturated carbocycles.